The van der Waals surface area contributed by atoms with Gasteiger partial charge in [-0.15, -0.1) is 0 Å². The van der Waals surface area contributed by atoms with Gasteiger partial charge in [0.25, 0.3) is 0 Å². The van der Waals surface area contributed by atoms with Gasteiger partial charge >= 0.3 is 0 Å². The van der Waals surface area contributed by atoms with Gasteiger partial charge in [-0.1, -0.05) is 0 Å². The summed E-state index contributed by atoms with van der Waals surface area (Å²) in [7, 11) is -3.28. The van der Waals surface area contributed by atoms with Crippen LogP contribution in [-0.4, -0.2) is 54.0 Å². The smallest absolute Gasteiger partial charge is 0.220 e. The van der Waals surface area contributed by atoms with Crippen LogP contribution in [-0.2, 0) is 21.2 Å². The second-order valence-electron chi connectivity index (χ2n) is 6.12. The van der Waals surface area contributed by atoms with E-state index in [1.807, 2.05) is 0 Å². The molecule has 1 aromatic carbocycles. The number of sulfonamides is 1. The average molecular weight is 368 g/mol. The first-order valence-electron chi connectivity index (χ1n) is 8.33. The summed E-state index contributed by atoms with van der Waals surface area (Å²) in [4.78, 5) is 19.1. The molecule has 1 amide bonds. The summed E-state index contributed by atoms with van der Waals surface area (Å²) in [5, 5.41) is 2.63. The lowest BCUT2D eigenvalue weighted by Gasteiger charge is -2.15. The fraction of sp³-hybridized carbons (Fsp3) is 0.500. The van der Waals surface area contributed by atoms with Gasteiger partial charge in [-0.25, -0.2) is 22.1 Å². The van der Waals surface area contributed by atoms with Crippen LogP contribution in [0.2, 0.25) is 0 Å². The Bertz CT molecular complexity index is 859. The molecular formula is C16H21FN4O3S. The summed E-state index contributed by atoms with van der Waals surface area (Å²) in [5.74, 6) is -0.0637. The SMILES string of the molecule is O=C(CCc1nc2ccc(F)cc2[nH]1)NCCS(=O)(=O)N1CCCC1. The summed E-state index contributed by atoms with van der Waals surface area (Å²) in [6.45, 7) is 1.24. The average Bonchev–Trinajstić information content (AvgIpc) is 3.22. The molecule has 136 valence electrons. The van der Waals surface area contributed by atoms with Crippen LogP contribution in [0.4, 0.5) is 4.39 Å². The summed E-state index contributed by atoms with van der Waals surface area (Å²) in [6, 6.07) is 4.27. The van der Waals surface area contributed by atoms with Crippen molar-refractivity contribution >= 4 is 27.0 Å². The third kappa shape index (κ3) is 4.55. The summed E-state index contributed by atoms with van der Waals surface area (Å²) in [6.07, 6.45) is 2.35. The third-order valence-corrected chi connectivity index (χ3v) is 6.09. The topological polar surface area (TPSA) is 95.2 Å². The van der Waals surface area contributed by atoms with E-state index in [0.29, 0.717) is 36.4 Å². The number of imidazole rings is 1. The zero-order chi connectivity index (χ0) is 17.9. The van der Waals surface area contributed by atoms with Crippen molar-refractivity contribution in [3.8, 4) is 0 Å². The first-order chi connectivity index (χ1) is 11.9. The van der Waals surface area contributed by atoms with Gasteiger partial charge in [0.05, 0.1) is 16.8 Å². The summed E-state index contributed by atoms with van der Waals surface area (Å²) < 4.78 is 38.7. The quantitative estimate of drug-likeness (QED) is 0.767. The molecule has 2 heterocycles. The molecule has 0 atom stereocenters. The molecule has 0 radical (unpaired) electrons. The number of benzene rings is 1. The van der Waals surface area contributed by atoms with Crippen LogP contribution < -0.4 is 5.32 Å². The Morgan fingerprint density at radius 2 is 2.08 bits per heavy atom. The number of nitrogens with one attached hydrogen (secondary N) is 2. The highest BCUT2D eigenvalue weighted by Gasteiger charge is 2.24. The zero-order valence-corrected chi connectivity index (χ0v) is 14.6. The number of rotatable bonds is 7. The van der Waals surface area contributed by atoms with Gasteiger partial charge in [0.15, 0.2) is 0 Å². The van der Waals surface area contributed by atoms with Gasteiger partial charge in [-0.05, 0) is 31.0 Å². The van der Waals surface area contributed by atoms with Crippen LogP contribution in [0.25, 0.3) is 11.0 Å². The molecule has 1 aliphatic rings. The van der Waals surface area contributed by atoms with E-state index < -0.39 is 10.0 Å². The largest absolute Gasteiger partial charge is 0.355 e. The molecule has 2 aromatic rings. The number of fused-ring (bicyclic) bond motifs is 1. The number of amides is 1. The lowest BCUT2D eigenvalue weighted by molar-refractivity contribution is -0.120. The highest BCUT2D eigenvalue weighted by atomic mass is 32.2. The molecular weight excluding hydrogens is 347 g/mol. The first kappa shape index (κ1) is 17.8. The molecule has 9 heteroatoms. The summed E-state index contributed by atoms with van der Waals surface area (Å²) in [5.41, 5.74) is 1.24. The van der Waals surface area contributed by atoms with Crippen molar-refractivity contribution < 1.29 is 17.6 Å². The second-order valence-corrected chi connectivity index (χ2v) is 8.21. The van der Waals surface area contributed by atoms with Gasteiger partial charge < -0.3 is 10.3 Å². The van der Waals surface area contributed by atoms with E-state index in [1.165, 1.54) is 16.4 Å². The number of nitrogens with zero attached hydrogens (tertiary/aromatic N) is 2. The fourth-order valence-electron chi connectivity index (χ4n) is 2.89. The molecule has 7 nitrogen and oxygen atoms in total. The lowest BCUT2D eigenvalue weighted by Crippen LogP contribution is -2.36. The van der Waals surface area contributed by atoms with E-state index in [2.05, 4.69) is 15.3 Å². The Morgan fingerprint density at radius 1 is 1.32 bits per heavy atom. The number of carbonyl (C=O) groups is 1. The van der Waals surface area contributed by atoms with Gasteiger partial charge in [-0.3, -0.25) is 4.79 Å². The number of aromatic nitrogens is 2. The number of carbonyl (C=O) groups excluding carboxylic acids is 1. The van der Waals surface area contributed by atoms with Crippen LogP contribution in [0.5, 0.6) is 0 Å². The molecule has 0 bridgehead atoms. The van der Waals surface area contributed by atoms with Crippen LogP contribution >= 0.6 is 0 Å². The summed E-state index contributed by atoms with van der Waals surface area (Å²) >= 11 is 0. The van der Waals surface area contributed by atoms with Crippen molar-refractivity contribution in [1.29, 1.82) is 0 Å². The molecule has 1 aromatic heterocycles. The highest BCUT2D eigenvalue weighted by Crippen LogP contribution is 2.14. The minimum absolute atomic E-state index is 0.0807. The zero-order valence-electron chi connectivity index (χ0n) is 13.8. The molecule has 3 rings (SSSR count). The highest BCUT2D eigenvalue weighted by molar-refractivity contribution is 7.89. The van der Waals surface area contributed by atoms with Gasteiger partial charge in [0.1, 0.15) is 11.6 Å². The molecule has 0 saturated carbocycles. The van der Waals surface area contributed by atoms with Crippen LogP contribution in [0.3, 0.4) is 0 Å². The van der Waals surface area contributed by atoms with Gasteiger partial charge in [0, 0.05) is 32.5 Å². The Hall–Kier alpha value is -2.00. The minimum Gasteiger partial charge on any atom is -0.355 e. The maximum atomic E-state index is 13.1. The Labute approximate surface area is 145 Å². The molecule has 1 saturated heterocycles. The monoisotopic (exact) mass is 368 g/mol. The normalized spacial score (nSPS) is 15.7. The Morgan fingerprint density at radius 3 is 2.84 bits per heavy atom. The van der Waals surface area contributed by atoms with Crippen molar-refractivity contribution in [2.75, 3.05) is 25.4 Å². The number of halogens is 1. The Balaban J connectivity index is 1.44. The molecule has 0 spiro atoms. The third-order valence-electron chi connectivity index (χ3n) is 4.22. The Kier molecular flexibility index (Phi) is 5.33. The molecule has 25 heavy (non-hydrogen) atoms. The minimum atomic E-state index is -3.28. The van der Waals surface area contributed by atoms with Crippen molar-refractivity contribution in [2.45, 2.75) is 25.7 Å². The van der Waals surface area contributed by atoms with E-state index in [4.69, 9.17) is 0 Å². The van der Waals surface area contributed by atoms with Crippen molar-refractivity contribution in [1.82, 2.24) is 19.6 Å². The van der Waals surface area contributed by atoms with Crippen molar-refractivity contribution in [3.63, 3.8) is 0 Å². The molecule has 1 aliphatic heterocycles. The van der Waals surface area contributed by atoms with Gasteiger partial charge in [-0.2, -0.15) is 0 Å². The molecule has 0 aliphatic carbocycles. The van der Waals surface area contributed by atoms with E-state index in [0.717, 1.165) is 12.8 Å². The van der Waals surface area contributed by atoms with Gasteiger partial charge in [0.2, 0.25) is 15.9 Å². The first-order valence-corrected chi connectivity index (χ1v) is 9.94. The number of H-pyrrole nitrogens is 1. The fourth-order valence-corrected chi connectivity index (χ4v) is 4.32. The second kappa shape index (κ2) is 7.49. The number of aryl methyl sites for hydroxylation is 1. The van der Waals surface area contributed by atoms with E-state index in [1.54, 1.807) is 6.07 Å². The van der Waals surface area contributed by atoms with Crippen LogP contribution in [0.15, 0.2) is 18.2 Å². The predicted molar refractivity (Wildman–Crippen MR) is 92.0 cm³/mol. The number of hydrogen-bond donors (Lipinski definition) is 2. The van der Waals surface area contributed by atoms with E-state index >= 15 is 0 Å². The number of aromatic amines is 1. The lowest BCUT2D eigenvalue weighted by atomic mass is 10.3. The predicted octanol–water partition coefficient (Wildman–Crippen LogP) is 1.18. The van der Waals surface area contributed by atoms with Crippen LogP contribution in [0.1, 0.15) is 25.1 Å². The standard InChI is InChI=1S/C16H21FN4O3S/c17-12-3-4-13-14(11-12)20-15(19-13)5-6-16(22)18-7-10-25(23,24)21-8-1-2-9-21/h3-4,11H,1-2,5-10H2,(H,18,22)(H,19,20). The number of hydrogen-bond acceptors (Lipinski definition) is 4. The molecule has 0 unspecified atom stereocenters. The molecule has 1 fully saturated rings. The van der Waals surface area contributed by atoms with Crippen LogP contribution in [0, 0.1) is 5.82 Å². The van der Waals surface area contributed by atoms with E-state index in [-0.39, 0.29) is 30.4 Å². The maximum Gasteiger partial charge on any atom is 0.220 e. The molecule has 2 N–H and O–H groups in total. The van der Waals surface area contributed by atoms with Crippen molar-refractivity contribution in [2.24, 2.45) is 0 Å². The van der Waals surface area contributed by atoms with E-state index in [9.17, 15) is 17.6 Å². The van der Waals surface area contributed by atoms with Crippen molar-refractivity contribution in [3.05, 3.63) is 29.8 Å². The maximum absolute atomic E-state index is 13.1.